The summed E-state index contributed by atoms with van der Waals surface area (Å²) in [6, 6.07) is 10.6. The molecule has 0 atom stereocenters. The number of anilines is 2. The van der Waals surface area contributed by atoms with Crippen molar-refractivity contribution in [3.8, 4) is 0 Å². The smallest absolute Gasteiger partial charge is 0.131 e. The normalized spacial score (nSPS) is 10.5. The standard InChI is InChI=1S/C16H21N3/c1-12-4-6-14(7-5-12)8-9-19(3)16-13(2)10-15(17)11-18-16/h4-7,10-11H,8-9,17H2,1-3H3. The number of likely N-dealkylation sites (N-methyl/N-ethyl adjacent to an activating group) is 1. The second-order valence-electron chi connectivity index (χ2n) is 5.07. The summed E-state index contributed by atoms with van der Waals surface area (Å²) in [5.41, 5.74) is 10.2. The Morgan fingerprint density at radius 1 is 1.16 bits per heavy atom. The summed E-state index contributed by atoms with van der Waals surface area (Å²) in [5.74, 6) is 1.00. The van der Waals surface area contributed by atoms with Crippen molar-refractivity contribution in [3.05, 3.63) is 53.2 Å². The molecule has 0 aliphatic rings. The lowest BCUT2D eigenvalue weighted by atomic mass is 10.1. The molecule has 0 radical (unpaired) electrons. The second-order valence-corrected chi connectivity index (χ2v) is 5.07. The van der Waals surface area contributed by atoms with Gasteiger partial charge < -0.3 is 10.6 Å². The van der Waals surface area contributed by atoms with Crippen LogP contribution in [-0.4, -0.2) is 18.6 Å². The first kappa shape index (κ1) is 13.4. The average molecular weight is 255 g/mol. The number of aromatic nitrogens is 1. The Morgan fingerprint density at radius 3 is 2.47 bits per heavy atom. The van der Waals surface area contributed by atoms with Crippen LogP contribution in [-0.2, 0) is 6.42 Å². The van der Waals surface area contributed by atoms with Gasteiger partial charge in [0.25, 0.3) is 0 Å². The van der Waals surface area contributed by atoms with Crippen LogP contribution in [0.15, 0.2) is 36.5 Å². The molecule has 3 heteroatoms. The summed E-state index contributed by atoms with van der Waals surface area (Å²) < 4.78 is 0. The summed E-state index contributed by atoms with van der Waals surface area (Å²) in [5, 5.41) is 0. The van der Waals surface area contributed by atoms with Crippen LogP contribution in [0, 0.1) is 13.8 Å². The molecule has 0 bridgehead atoms. The Morgan fingerprint density at radius 2 is 1.84 bits per heavy atom. The van der Waals surface area contributed by atoms with Crippen molar-refractivity contribution >= 4 is 11.5 Å². The Bertz CT molecular complexity index is 546. The van der Waals surface area contributed by atoms with E-state index in [2.05, 4.69) is 48.1 Å². The highest BCUT2D eigenvalue weighted by Crippen LogP contribution is 2.18. The van der Waals surface area contributed by atoms with E-state index in [1.165, 1.54) is 11.1 Å². The van der Waals surface area contributed by atoms with Gasteiger partial charge in [0, 0.05) is 13.6 Å². The molecule has 3 nitrogen and oxygen atoms in total. The topological polar surface area (TPSA) is 42.2 Å². The zero-order valence-corrected chi connectivity index (χ0v) is 11.9. The van der Waals surface area contributed by atoms with Crippen LogP contribution in [0.25, 0.3) is 0 Å². The SMILES string of the molecule is Cc1ccc(CCN(C)c2ncc(N)cc2C)cc1. The molecule has 1 aromatic carbocycles. The molecule has 0 spiro atoms. The van der Waals surface area contributed by atoms with Crippen LogP contribution in [0.4, 0.5) is 11.5 Å². The molecule has 2 aromatic rings. The molecule has 0 aliphatic carbocycles. The number of hydrogen-bond acceptors (Lipinski definition) is 3. The van der Waals surface area contributed by atoms with Gasteiger partial charge in [0.15, 0.2) is 0 Å². The van der Waals surface area contributed by atoms with Gasteiger partial charge in [-0.1, -0.05) is 29.8 Å². The molecule has 1 aromatic heterocycles. The molecule has 0 fully saturated rings. The summed E-state index contributed by atoms with van der Waals surface area (Å²) in [6.45, 7) is 5.10. The Hall–Kier alpha value is -2.03. The minimum absolute atomic E-state index is 0.716. The second kappa shape index (κ2) is 5.74. The van der Waals surface area contributed by atoms with Crippen molar-refractivity contribution in [2.24, 2.45) is 0 Å². The third-order valence-electron chi connectivity index (χ3n) is 3.29. The molecular formula is C16H21N3. The van der Waals surface area contributed by atoms with Crippen LogP contribution >= 0.6 is 0 Å². The quantitative estimate of drug-likeness (QED) is 0.913. The number of benzene rings is 1. The highest BCUT2D eigenvalue weighted by molar-refractivity contribution is 5.52. The van der Waals surface area contributed by atoms with Gasteiger partial charge in [-0.3, -0.25) is 0 Å². The summed E-state index contributed by atoms with van der Waals surface area (Å²) in [7, 11) is 2.07. The molecule has 2 rings (SSSR count). The van der Waals surface area contributed by atoms with Crippen molar-refractivity contribution in [1.82, 2.24) is 4.98 Å². The van der Waals surface area contributed by atoms with Crippen molar-refractivity contribution in [3.63, 3.8) is 0 Å². The number of nitrogen functional groups attached to an aromatic ring is 1. The number of pyridine rings is 1. The van der Waals surface area contributed by atoms with E-state index in [-0.39, 0.29) is 0 Å². The summed E-state index contributed by atoms with van der Waals surface area (Å²) in [4.78, 5) is 6.58. The molecule has 19 heavy (non-hydrogen) atoms. The third-order valence-corrected chi connectivity index (χ3v) is 3.29. The minimum Gasteiger partial charge on any atom is -0.397 e. The van der Waals surface area contributed by atoms with Gasteiger partial charge in [-0.25, -0.2) is 4.98 Å². The first-order chi connectivity index (χ1) is 9.06. The van der Waals surface area contributed by atoms with Gasteiger partial charge in [0.2, 0.25) is 0 Å². The first-order valence-corrected chi connectivity index (χ1v) is 6.55. The predicted octanol–water partition coefficient (Wildman–Crippen LogP) is 2.96. The largest absolute Gasteiger partial charge is 0.397 e. The molecule has 1 heterocycles. The lowest BCUT2D eigenvalue weighted by molar-refractivity contribution is 0.855. The molecule has 100 valence electrons. The van der Waals surface area contributed by atoms with Gasteiger partial charge in [0.05, 0.1) is 11.9 Å². The Kier molecular flexibility index (Phi) is 4.05. The fourth-order valence-corrected chi connectivity index (χ4v) is 2.15. The van der Waals surface area contributed by atoms with E-state index in [0.29, 0.717) is 5.69 Å². The maximum absolute atomic E-state index is 5.73. The monoisotopic (exact) mass is 255 g/mol. The molecule has 0 saturated carbocycles. The first-order valence-electron chi connectivity index (χ1n) is 6.55. The van der Waals surface area contributed by atoms with E-state index < -0.39 is 0 Å². The minimum atomic E-state index is 0.716. The van der Waals surface area contributed by atoms with Crippen LogP contribution in [0.5, 0.6) is 0 Å². The fourth-order valence-electron chi connectivity index (χ4n) is 2.15. The van der Waals surface area contributed by atoms with Gasteiger partial charge in [-0.05, 0) is 37.5 Å². The van der Waals surface area contributed by atoms with E-state index in [0.717, 1.165) is 24.3 Å². The fraction of sp³-hybridized carbons (Fsp3) is 0.312. The van der Waals surface area contributed by atoms with E-state index in [4.69, 9.17) is 5.73 Å². The summed E-state index contributed by atoms with van der Waals surface area (Å²) in [6.07, 6.45) is 2.73. The highest BCUT2D eigenvalue weighted by atomic mass is 15.2. The van der Waals surface area contributed by atoms with Crippen molar-refractivity contribution < 1.29 is 0 Å². The lowest BCUT2D eigenvalue weighted by Gasteiger charge is -2.20. The van der Waals surface area contributed by atoms with Gasteiger partial charge in [-0.15, -0.1) is 0 Å². The van der Waals surface area contributed by atoms with Crippen LogP contribution in [0.1, 0.15) is 16.7 Å². The molecule has 0 unspecified atom stereocenters. The maximum atomic E-state index is 5.73. The van der Waals surface area contributed by atoms with Crippen molar-refractivity contribution in [2.75, 3.05) is 24.2 Å². The molecule has 0 amide bonds. The van der Waals surface area contributed by atoms with Crippen LogP contribution in [0.2, 0.25) is 0 Å². The number of rotatable bonds is 4. The van der Waals surface area contributed by atoms with Crippen LogP contribution < -0.4 is 10.6 Å². The zero-order valence-electron chi connectivity index (χ0n) is 11.9. The van der Waals surface area contributed by atoms with E-state index in [1.807, 2.05) is 13.0 Å². The molecular weight excluding hydrogens is 234 g/mol. The van der Waals surface area contributed by atoms with Crippen LogP contribution in [0.3, 0.4) is 0 Å². The molecule has 2 N–H and O–H groups in total. The number of nitrogens with two attached hydrogens (primary N) is 1. The Balaban J connectivity index is 2.01. The highest BCUT2D eigenvalue weighted by Gasteiger charge is 2.06. The predicted molar refractivity (Wildman–Crippen MR) is 81.5 cm³/mol. The summed E-state index contributed by atoms with van der Waals surface area (Å²) >= 11 is 0. The van der Waals surface area contributed by atoms with Gasteiger partial charge in [-0.2, -0.15) is 0 Å². The van der Waals surface area contributed by atoms with E-state index in [1.54, 1.807) is 6.20 Å². The number of aryl methyl sites for hydroxylation is 2. The number of hydrogen-bond donors (Lipinski definition) is 1. The van der Waals surface area contributed by atoms with Gasteiger partial charge in [0.1, 0.15) is 5.82 Å². The number of nitrogens with zero attached hydrogens (tertiary/aromatic N) is 2. The van der Waals surface area contributed by atoms with Crippen molar-refractivity contribution in [2.45, 2.75) is 20.3 Å². The Labute approximate surface area is 115 Å². The average Bonchev–Trinajstić information content (AvgIpc) is 2.37. The zero-order chi connectivity index (χ0) is 13.8. The van der Waals surface area contributed by atoms with Crippen molar-refractivity contribution in [1.29, 1.82) is 0 Å². The maximum Gasteiger partial charge on any atom is 0.131 e. The van der Waals surface area contributed by atoms with E-state index >= 15 is 0 Å². The lowest BCUT2D eigenvalue weighted by Crippen LogP contribution is -2.22. The molecule has 0 aliphatic heterocycles. The third kappa shape index (κ3) is 3.47. The molecule has 0 saturated heterocycles. The van der Waals surface area contributed by atoms with Gasteiger partial charge >= 0.3 is 0 Å². The van der Waals surface area contributed by atoms with E-state index in [9.17, 15) is 0 Å².